The van der Waals surface area contributed by atoms with Crippen LogP contribution in [0.3, 0.4) is 0 Å². The number of ether oxygens (including phenoxy) is 2. The molecule has 1 atom stereocenters. The molecule has 4 heteroatoms. The molecule has 0 saturated carbocycles. The number of benzene rings is 1. The van der Waals surface area contributed by atoms with Crippen molar-refractivity contribution < 1.29 is 9.47 Å². The van der Waals surface area contributed by atoms with E-state index in [-0.39, 0.29) is 6.10 Å². The van der Waals surface area contributed by atoms with Crippen LogP contribution < -0.4 is 15.4 Å². The molecule has 0 bridgehead atoms. The molecule has 0 aromatic heterocycles. The molecule has 1 aromatic carbocycles. The summed E-state index contributed by atoms with van der Waals surface area (Å²) in [4.78, 5) is 2.34. The van der Waals surface area contributed by atoms with Gasteiger partial charge in [-0.2, -0.15) is 0 Å². The molecule has 1 aliphatic rings. The van der Waals surface area contributed by atoms with E-state index in [4.69, 9.17) is 15.2 Å². The van der Waals surface area contributed by atoms with E-state index in [1.165, 1.54) is 0 Å². The Morgan fingerprint density at radius 3 is 2.84 bits per heavy atom. The molecule has 0 aliphatic carbocycles. The summed E-state index contributed by atoms with van der Waals surface area (Å²) in [6, 6.07) is 6.01. The van der Waals surface area contributed by atoms with Gasteiger partial charge < -0.3 is 20.1 Å². The number of anilines is 2. The van der Waals surface area contributed by atoms with Gasteiger partial charge in [-0.3, -0.25) is 0 Å². The van der Waals surface area contributed by atoms with Gasteiger partial charge in [-0.1, -0.05) is 0 Å². The van der Waals surface area contributed by atoms with Gasteiger partial charge in [0, 0.05) is 32.0 Å². The second-order valence-corrected chi connectivity index (χ2v) is 5.33. The Bertz CT molecular complexity index is 421. The van der Waals surface area contributed by atoms with E-state index in [1.807, 2.05) is 26.0 Å². The highest BCUT2D eigenvalue weighted by atomic mass is 16.5. The number of hydrogen-bond acceptors (Lipinski definition) is 4. The van der Waals surface area contributed by atoms with Gasteiger partial charge >= 0.3 is 0 Å². The van der Waals surface area contributed by atoms with Gasteiger partial charge in [0.2, 0.25) is 0 Å². The van der Waals surface area contributed by atoms with Crippen LogP contribution >= 0.6 is 0 Å². The number of hydrogen-bond donors (Lipinski definition) is 1. The third kappa shape index (κ3) is 3.53. The highest BCUT2D eigenvalue weighted by Gasteiger charge is 2.20. The number of piperidine rings is 1. The molecule has 1 fully saturated rings. The van der Waals surface area contributed by atoms with E-state index in [0.717, 1.165) is 37.4 Å². The average Bonchev–Trinajstić information content (AvgIpc) is 2.41. The van der Waals surface area contributed by atoms with Crippen LogP contribution in [0, 0.1) is 0 Å². The fourth-order valence-electron chi connectivity index (χ4n) is 2.44. The molecular formula is C15H24N2O2. The van der Waals surface area contributed by atoms with Crippen molar-refractivity contribution in [1.82, 2.24) is 0 Å². The number of nitrogen functional groups attached to an aromatic ring is 1. The van der Waals surface area contributed by atoms with Crippen molar-refractivity contribution in [2.45, 2.75) is 38.9 Å². The molecule has 106 valence electrons. The van der Waals surface area contributed by atoms with E-state index in [0.29, 0.717) is 11.8 Å². The molecule has 1 unspecified atom stereocenters. The lowest BCUT2D eigenvalue weighted by atomic mass is 10.1. The van der Waals surface area contributed by atoms with Crippen LogP contribution in [-0.4, -0.2) is 32.4 Å². The molecule has 19 heavy (non-hydrogen) atoms. The van der Waals surface area contributed by atoms with Gasteiger partial charge in [0.1, 0.15) is 5.75 Å². The number of nitrogens with two attached hydrogens (primary N) is 1. The van der Waals surface area contributed by atoms with E-state index in [2.05, 4.69) is 11.0 Å². The Kier molecular flexibility index (Phi) is 4.53. The van der Waals surface area contributed by atoms with Gasteiger partial charge in [0.05, 0.1) is 17.9 Å². The van der Waals surface area contributed by atoms with Crippen molar-refractivity contribution in [2.24, 2.45) is 0 Å². The van der Waals surface area contributed by atoms with Crippen molar-refractivity contribution >= 4 is 11.4 Å². The molecule has 2 rings (SSSR count). The molecule has 1 aliphatic heterocycles. The van der Waals surface area contributed by atoms with Crippen LogP contribution in [0.5, 0.6) is 5.75 Å². The molecule has 0 amide bonds. The van der Waals surface area contributed by atoms with Crippen LogP contribution in [0.1, 0.15) is 26.7 Å². The Hall–Kier alpha value is -1.42. The Morgan fingerprint density at radius 2 is 2.16 bits per heavy atom. The molecule has 0 radical (unpaired) electrons. The smallest absolute Gasteiger partial charge is 0.144 e. The highest BCUT2D eigenvalue weighted by molar-refractivity contribution is 5.62. The van der Waals surface area contributed by atoms with Crippen molar-refractivity contribution in [3.8, 4) is 5.75 Å². The number of nitrogens with zero attached hydrogens (tertiary/aromatic N) is 1. The maximum Gasteiger partial charge on any atom is 0.144 e. The minimum Gasteiger partial charge on any atom is -0.489 e. The highest BCUT2D eigenvalue weighted by Crippen LogP contribution is 2.30. The average molecular weight is 264 g/mol. The first kappa shape index (κ1) is 14.0. The zero-order chi connectivity index (χ0) is 13.8. The first-order valence-electron chi connectivity index (χ1n) is 6.94. The Labute approximate surface area is 115 Å². The molecule has 1 heterocycles. The van der Waals surface area contributed by atoms with E-state index < -0.39 is 0 Å². The summed E-state index contributed by atoms with van der Waals surface area (Å²) in [6.45, 7) is 6.01. The maximum absolute atomic E-state index is 5.95. The fraction of sp³-hybridized carbons (Fsp3) is 0.600. The number of methoxy groups -OCH3 is 1. The van der Waals surface area contributed by atoms with Crippen molar-refractivity contribution in [3.63, 3.8) is 0 Å². The van der Waals surface area contributed by atoms with Crippen LogP contribution in [0.15, 0.2) is 18.2 Å². The maximum atomic E-state index is 5.95. The quantitative estimate of drug-likeness (QED) is 0.849. The lowest BCUT2D eigenvalue weighted by Crippen LogP contribution is -2.39. The van der Waals surface area contributed by atoms with E-state index >= 15 is 0 Å². The lowest BCUT2D eigenvalue weighted by molar-refractivity contribution is 0.0893. The zero-order valence-electron chi connectivity index (χ0n) is 12.1. The summed E-state index contributed by atoms with van der Waals surface area (Å²) in [5, 5.41) is 0. The monoisotopic (exact) mass is 264 g/mol. The summed E-state index contributed by atoms with van der Waals surface area (Å²) >= 11 is 0. The van der Waals surface area contributed by atoms with Crippen LogP contribution in [0.2, 0.25) is 0 Å². The first-order valence-corrected chi connectivity index (χ1v) is 6.94. The minimum atomic E-state index is 0.130. The summed E-state index contributed by atoms with van der Waals surface area (Å²) < 4.78 is 11.2. The predicted octanol–water partition coefficient (Wildman–Crippen LogP) is 2.67. The second kappa shape index (κ2) is 6.15. The van der Waals surface area contributed by atoms with Crippen LogP contribution in [0.4, 0.5) is 11.4 Å². The third-order valence-corrected chi connectivity index (χ3v) is 3.44. The normalized spacial score (nSPS) is 19.8. The van der Waals surface area contributed by atoms with Gasteiger partial charge in [-0.15, -0.1) is 0 Å². The van der Waals surface area contributed by atoms with Crippen LogP contribution in [-0.2, 0) is 4.74 Å². The zero-order valence-corrected chi connectivity index (χ0v) is 12.1. The predicted molar refractivity (Wildman–Crippen MR) is 78.9 cm³/mol. The Morgan fingerprint density at radius 1 is 1.37 bits per heavy atom. The standard InChI is InChI=1S/C15H24N2O2/c1-11(2)19-15-9-12(6-7-14(15)16)17-8-4-5-13(10-17)18-3/h6-7,9,11,13H,4-5,8,10,16H2,1-3H3. The van der Waals surface area contributed by atoms with Crippen molar-refractivity contribution in [2.75, 3.05) is 30.8 Å². The third-order valence-electron chi connectivity index (χ3n) is 3.44. The van der Waals surface area contributed by atoms with Crippen LogP contribution in [0.25, 0.3) is 0 Å². The largest absolute Gasteiger partial charge is 0.489 e. The summed E-state index contributed by atoms with van der Waals surface area (Å²) in [6.07, 6.45) is 2.74. The SMILES string of the molecule is COC1CCCN(c2ccc(N)c(OC(C)C)c2)C1. The summed E-state index contributed by atoms with van der Waals surface area (Å²) in [5.74, 6) is 0.770. The number of rotatable bonds is 4. The van der Waals surface area contributed by atoms with Crippen molar-refractivity contribution in [1.29, 1.82) is 0 Å². The molecular weight excluding hydrogens is 240 g/mol. The van der Waals surface area contributed by atoms with E-state index in [9.17, 15) is 0 Å². The van der Waals surface area contributed by atoms with Gasteiger partial charge in [0.15, 0.2) is 0 Å². The molecule has 1 aromatic rings. The fourth-order valence-corrected chi connectivity index (χ4v) is 2.44. The summed E-state index contributed by atoms with van der Waals surface area (Å²) in [5.41, 5.74) is 7.80. The van der Waals surface area contributed by atoms with Gasteiger partial charge in [0.25, 0.3) is 0 Å². The topological polar surface area (TPSA) is 47.7 Å². The van der Waals surface area contributed by atoms with Gasteiger partial charge in [-0.25, -0.2) is 0 Å². The summed E-state index contributed by atoms with van der Waals surface area (Å²) in [7, 11) is 1.78. The molecule has 4 nitrogen and oxygen atoms in total. The molecule has 0 spiro atoms. The molecule has 1 saturated heterocycles. The minimum absolute atomic E-state index is 0.130. The Balaban J connectivity index is 2.15. The second-order valence-electron chi connectivity index (χ2n) is 5.33. The van der Waals surface area contributed by atoms with E-state index in [1.54, 1.807) is 7.11 Å². The molecule has 2 N–H and O–H groups in total. The van der Waals surface area contributed by atoms with Crippen molar-refractivity contribution in [3.05, 3.63) is 18.2 Å². The lowest BCUT2D eigenvalue weighted by Gasteiger charge is -2.34. The first-order chi connectivity index (χ1) is 9.10. The van der Waals surface area contributed by atoms with Gasteiger partial charge in [-0.05, 0) is 38.8 Å².